The highest BCUT2D eigenvalue weighted by atomic mass is 14.5. The first kappa shape index (κ1) is 15.2. The van der Waals surface area contributed by atoms with E-state index >= 15 is 0 Å². The van der Waals surface area contributed by atoms with Crippen molar-refractivity contribution >= 4 is 0 Å². The topological polar surface area (TPSA) is 26.0 Å². The number of hydrogen-bond donors (Lipinski definition) is 1. The fourth-order valence-corrected chi connectivity index (χ4v) is 2.41. The van der Waals surface area contributed by atoms with E-state index in [1.54, 1.807) is 0 Å². The van der Waals surface area contributed by atoms with Crippen LogP contribution in [0.1, 0.15) is 62.5 Å². The maximum atomic E-state index is 5.48. The van der Waals surface area contributed by atoms with Gasteiger partial charge in [0.1, 0.15) is 0 Å². The smallest absolute Gasteiger partial charge is 0.00773 e. The SMILES string of the molecule is Cc1ccccc1CCCCCCCCCCN. The van der Waals surface area contributed by atoms with Crippen molar-refractivity contribution in [3.63, 3.8) is 0 Å². The summed E-state index contributed by atoms with van der Waals surface area (Å²) in [6.07, 6.45) is 12.1. The largest absolute Gasteiger partial charge is 0.330 e. The molecular weight excluding hydrogens is 218 g/mol. The van der Waals surface area contributed by atoms with Gasteiger partial charge in [-0.1, -0.05) is 62.8 Å². The van der Waals surface area contributed by atoms with Crippen molar-refractivity contribution in [1.29, 1.82) is 0 Å². The van der Waals surface area contributed by atoms with Gasteiger partial charge in [-0.2, -0.15) is 0 Å². The van der Waals surface area contributed by atoms with E-state index in [-0.39, 0.29) is 0 Å². The predicted molar refractivity (Wildman–Crippen MR) is 80.9 cm³/mol. The highest BCUT2D eigenvalue weighted by Gasteiger charge is 1.97. The lowest BCUT2D eigenvalue weighted by Crippen LogP contribution is -1.97. The fourth-order valence-electron chi connectivity index (χ4n) is 2.41. The minimum absolute atomic E-state index is 0.858. The summed E-state index contributed by atoms with van der Waals surface area (Å²) >= 11 is 0. The molecule has 1 nitrogen and oxygen atoms in total. The van der Waals surface area contributed by atoms with Crippen molar-refractivity contribution in [1.82, 2.24) is 0 Å². The molecule has 0 aliphatic rings. The highest BCUT2D eigenvalue weighted by molar-refractivity contribution is 5.25. The normalized spacial score (nSPS) is 10.8. The zero-order valence-electron chi connectivity index (χ0n) is 12.0. The van der Waals surface area contributed by atoms with E-state index < -0.39 is 0 Å². The maximum Gasteiger partial charge on any atom is -0.00773 e. The molecule has 102 valence electrons. The maximum absolute atomic E-state index is 5.48. The summed E-state index contributed by atoms with van der Waals surface area (Å²) in [5.74, 6) is 0. The number of nitrogens with two attached hydrogens (primary N) is 1. The number of rotatable bonds is 10. The molecule has 0 spiro atoms. The minimum atomic E-state index is 0.858. The van der Waals surface area contributed by atoms with E-state index in [0.29, 0.717) is 0 Å². The lowest BCUT2D eigenvalue weighted by molar-refractivity contribution is 0.569. The molecular formula is C17H29N. The predicted octanol–water partition coefficient (Wildman–Crippen LogP) is 4.62. The van der Waals surface area contributed by atoms with Crippen LogP contribution in [0.2, 0.25) is 0 Å². The first-order chi connectivity index (χ1) is 8.84. The zero-order chi connectivity index (χ0) is 13.1. The molecule has 1 rings (SSSR count). The molecule has 0 aliphatic carbocycles. The lowest BCUT2D eigenvalue weighted by Gasteiger charge is -2.05. The molecule has 0 unspecified atom stereocenters. The van der Waals surface area contributed by atoms with Crippen LogP contribution >= 0.6 is 0 Å². The number of hydrogen-bond acceptors (Lipinski definition) is 1. The third-order valence-electron chi connectivity index (χ3n) is 3.66. The van der Waals surface area contributed by atoms with Gasteiger partial charge in [0.05, 0.1) is 0 Å². The molecule has 0 saturated carbocycles. The Morgan fingerprint density at radius 3 is 1.94 bits per heavy atom. The van der Waals surface area contributed by atoms with Crippen molar-refractivity contribution in [2.45, 2.75) is 64.7 Å². The third kappa shape index (κ3) is 6.80. The molecule has 0 fully saturated rings. The highest BCUT2D eigenvalue weighted by Crippen LogP contribution is 2.13. The van der Waals surface area contributed by atoms with Crippen molar-refractivity contribution in [3.05, 3.63) is 35.4 Å². The Hall–Kier alpha value is -0.820. The Balaban J connectivity index is 1.94. The Labute approximate surface area is 113 Å². The molecule has 0 bridgehead atoms. The first-order valence-corrected chi connectivity index (χ1v) is 7.59. The second-order valence-electron chi connectivity index (χ2n) is 5.29. The van der Waals surface area contributed by atoms with Crippen LogP contribution < -0.4 is 5.73 Å². The van der Waals surface area contributed by atoms with Gasteiger partial charge in [-0.3, -0.25) is 0 Å². The number of aryl methyl sites for hydroxylation is 2. The van der Waals surface area contributed by atoms with Gasteiger partial charge in [-0.15, -0.1) is 0 Å². The van der Waals surface area contributed by atoms with E-state index in [1.807, 2.05) is 0 Å². The Kier molecular flexibility index (Phi) is 8.58. The average molecular weight is 247 g/mol. The standard InChI is InChI=1S/C17H29N/c1-16-12-9-10-14-17(16)13-8-6-4-2-3-5-7-11-15-18/h9-10,12,14H,2-8,11,13,15,18H2,1H3. The Bertz CT molecular complexity index is 306. The van der Waals surface area contributed by atoms with Crippen LogP contribution in [0.15, 0.2) is 24.3 Å². The molecule has 0 atom stereocenters. The van der Waals surface area contributed by atoms with Gasteiger partial charge in [0.2, 0.25) is 0 Å². The van der Waals surface area contributed by atoms with Gasteiger partial charge in [0.25, 0.3) is 0 Å². The second-order valence-corrected chi connectivity index (χ2v) is 5.29. The molecule has 18 heavy (non-hydrogen) atoms. The molecule has 0 aliphatic heterocycles. The van der Waals surface area contributed by atoms with E-state index in [9.17, 15) is 0 Å². The van der Waals surface area contributed by atoms with E-state index in [0.717, 1.165) is 6.54 Å². The summed E-state index contributed by atoms with van der Waals surface area (Å²) in [7, 11) is 0. The van der Waals surface area contributed by atoms with Gasteiger partial charge in [-0.05, 0) is 43.9 Å². The van der Waals surface area contributed by atoms with Crippen molar-refractivity contribution in [2.24, 2.45) is 5.73 Å². The third-order valence-corrected chi connectivity index (χ3v) is 3.66. The summed E-state index contributed by atoms with van der Waals surface area (Å²) in [4.78, 5) is 0. The molecule has 0 radical (unpaired) electrons. The summed E-state index contributed by atoms with van der Waals surface area (Å²) in [5.41, 5.74) is 8.45. The van der Waals surface area contributed by atoms with E-state index in [4.69, 9.17) is 5.73 Å². The van der Waals surface area contributed by atoms with E-state index in [1.165, 1.54) is 68.9 Å². The second kappa shape index (κ2) is 10.1. The van der Waals surface area contributed by atoms with Crippen molar-refractivity contribution in [3.8, 4) is 0 Å². The van der Waals surface area contributed by atoms with E-state index in [2.05, 4.69) is 31.2 Å². The van der Waals surface area contributed by atoms with Crippen LogP contribution in [-0.2, 0) is 6.42 Å². The summed E-state index contributed by atoms with van der Waals surface area (Å²) in [6.45, 7) is 3.07. The monoisotopic (exact) mass is 247 g/mol. The Morgan fingerprint density at radius 2 is 1.33 bits per heavy atom. The summed E-state index contributed by atoms with van der Waals surface area (Å²) < 4.78 is 0. The molecule has 1 heteroatoms. The number of benzene rings is 1. The molecule has 0 aromatic heterocycles. The Morgan fingerprint density at radius 1 is 0.778 bits per heavy atom. The van der Waals surface area contributed by atoms with Crippen LogP contribution in [-0.4, -0.2) is 6.54 Å². The lowest BCUT2D eigenvalue weighted by atomic mass is 10.0. The summed E-state index contributed by atoms with van der Waals surface area (Å²) in [6, 6.07) is 8.76. The van der Waals surface area contributed by atoms with Crippen LogP contribution in [0.5, 0.6) is 0 Å². The molecule has 2 N–H and O–H groups in total. The quantitative estimate of drug-likeness (QED) is 0.600. The van der Waals surface area contributed by atoms with Gasteiger partial charge in [0, 0.05) is 0 Å². The van der Waals surface area contributed by atoms with Gasteiger partial charge in [0.15, 0.2) is 0 Å². The van der Waals surface area contributed by atoms with Gasteiger partial charge in [-0.25, -0.2) is 0 Å². The van der Waals surface area contributed by atoms with Crippen molar-refractivity contribution in [2.75, 3.05) is 6.54 Å². The van der Waals surface area contributed by atoms with Crippen molar-refractivity contribution < 1.29 is 0 Å². The zero-order valence-corrected chi connectivity index (χ0v) is 12.0. The average Bonchev–Trinajstić information content (AvgIpc) is 2.39. The summed E-state index contributed by atoms with van der Waals surface area (Å²) in [5, 5.41) is 0. The first-order valence-electron chi connectivity index (χ1n) is 7.59. The minimum Gasteiger partial charge on any atom is -0.330 e. The molecule has 1 aromatic rings. The molecule has 0 heterocycles. The van der Waals surface area contributed by atoms with Crippen LogP contribution in [0, 0.1) is 6.92 Å². The molecule has 0 saturated heterocycles. The van der Waals surface area contributed by atoms with Crippen LogP contribution in [0.4, 0.5) is 0 Å². The van der Waals surface area contributed by atoms with Gasteiger partial charge < -0.3 is 5.73 Å². The number of unbranched alkanes of at least 4 members (excludes halogenated alkanes) is 7. The van der Waals surface area contributed by atoms with Gasteiger partial charge >= 0.3 is 0 Å². The molecule has 0 amide bonds. The fraction of sp³-hybridized carbons (Fsp3) is 0.647. The molecule has 1 aromatic carbocycles. The van der Waals surface area contributed by atoms with Crippen LogP contribution in [0.3, 0.4) is 0 Å². The van der Waals surface area contributed by atoms with Crippen LogP contribution in [0.25, 0.3) is 0 Å².